The second-order valence-electron chi connectivity index (χ2n) is 4.73. The molecule has 0 fully saturated rings. The first-order valence-corrected chi connectivity index (χ1v) is 9.45. The predicted octanol–water partition coefficient (Wildman–Crippen LogP) is 2.21. The van der Waals surface area contributed by atoms with E-state index in [1.165, 1.54) is 24.3 Å². The average molecular weight is 360 g/mol. The van der Waals surface area contributed by atoms with Crippen molar-refractivity contribution in [1.82, 2.24) is 0 Å². The minimum Gasteiger partial charge on any atom is -0.383 e. The van der Waals surface area contributed by atoms with Crippen LogP contribution in [0.3, 0.4) is 0 Å². The molecule has 124 valence electrons. The van der Waals surface area contributed by atoms with Crippen molar-refractivity contribution >= 4 is 20.6 Å². The highest BCUT2D eigenvalue weighted by molar-refractivity contribution is 7.86. The second-order valence-corrected chi connectivity index (χ2v) is 7.26. The molecule has 0 amide bonds. The summed E-state index contributed by atoms with van der Waals surface area (Å²) >= 11 is 0. The van der Waals surface area contributed by atoms with Gasteiger partial charge in [0.05, 0.1) is 6.26 Å². The van der Waals surface area contributed by atoms with E-state index >= 15 is 0 Å². The van der Waals surface area contributed by atoms with Crippen LogP contribution in [0.15, 0.2) is 48.5 Å². The van der Waals surface area contributed by atoms with Gasteiger partial charge in [-0.2, -0.15) is 16.8 Å². The van der Waals surface area contributed by atoms with Crippen LogP contribution in [-0.4, -0.2) is 23.1 Å². The summed E-state index contributed by atoms with van der Waals surface area (Å²) in [6.07, 6.45) is 1.48. The number of halogens is 1. The van der Waals surface area contributed by atoms with Crippen LogP contribution in [0.4, 0.5) is 3.89 Å². The van der Waals surface area contributed by atoms with Crippen molar-refractivity contribution in [3.8, 4) is 11.5 Å². The quantitative estimate of drug-likeness (QED) is 0.580. The Morgan fingerprint density at radius 3 is 1.52 bits per heavy atom. The molecular formula is C14H13FO6S2. The zero-order valence-corrected chi connectivity index (χ0v) is 13.6. The molecule has 2 aromatic carbocycles. The van der Waals surface area contributed by atoms with Gasteiger partial charge in [-0.25, -0.2) is 0 Å². The molecule has 0 aliphatic heterocycles. The Labute approximate surface area is 134 Å². The highest BCUT2D eigenvalue weighted by atomic mass is 32.3. The van der Waals surface area contributed by atoms with Crippen LogP contribution in [0.25, 0.3) is 0 Å². The maximum atomic E-state index is 12.4. The van der Waals surface area contributed by atoms with Crippen LogP contribution < -0.4 is 8.37 Å². The molecule has 0 spiro atoms. The lowest BCUT2D eigenvalue weighted by Crippen LogP contribution is -2.05. The Balaban J connectivity index is 2.04. The van der Waals surface area contributed by atoms with E-state index in [1.807, 2.05) is 0 Å². The van der Waals surface area contributed by atoms with Gasteiger partial charge < -0.3 is 8.37 Å². The highest BCUT2D eigenvalue weighted by Gasteiger charge is 2.09. The molecule has 0 aliphatic carbocycles. The van der Waals surface area contributed by atoms with Crippen molar-refractivity contribution in [3.05, 3.63) is 59.7 Å². The Hall–Kier alpha value is -2.13. The minimum absolute atomic E-state index is 0.117. The standard InChI is InChI=1S/C14H13FO6S2/c1-22(16,17)20-13-6-2-11(3-7-13)10-12-4-8-14(9-5-12)21-23(15,18)19/h2-9H,10H2,1H3. The molecule has 0 aromatic heterocycles. The van der Waals surface area contributed by atoms with E-state index in [4.69, 9.17) is 4.18 Å². The predicted molar refractivity (Wildman–Crippen MR) is 81.8 cm³/mol. The summed E-state index contributed by atoms with van der Waals surface area (Å²) < 4.78 is 63.9. The summed E-state index contributed by atoms with van der Waals surface area (Å²) in [6, 6.07) is 12.4. The summed E-state index contributed by atoms with van der Waals surface area (Å²) in [5.41, 5.74) is 1.73. The maximum Gasteiger partial charge on any atom is 0.488 e. The van der Waals surface area contributed by atoms with Gasteiger partial charge in [0.2, 0.25) is 0 Å². The van der Waals surface area contributed by atoms with E-state index in [2.05, 4.69) is 4.18 Å². The Morgan fingerprint density at radius 1 is 0.783 bits per heavy atom. The molecule has 0 atom stereocenters. The van der Waals surface area contributed by atoms with Gasteiger partial charge in [0.1, 0.15) is 11.5 Å². The fourth-order valence-electron chi connectivity index (χ4n) is 1.85. The van der Waals surface area contributed by atoms with Gasteiger partial charge in [-0.1, -0.05) is 28.2 Å². The molecule has 0 bridgehead atoms. The summed E-state index contributed by atoms with van der Waals surface area (Å²) in [5, 5.41) is 0. The summed E-state index contributed by atoms with van der Waals surface area (Å²) in [6.45, 7) is 0. The van der Waals surface area contributed by atoms with Crippen LogP contribution in [0.2, 0.25) is 0 Å². The zero-order valence-electron chi connectivity index (χ0n) is 12.0. The van der Waals surface area contributed by atoms with E-state index < -0.39 is 20.6 Å². The molecular weight excluding hydrogens is 347 g/mol. The summed E-state index contributed by atoms with van der Waals surface area (Å²) in [4.78, 5) is 0. The van der Waals surface area contributed by atoms with E-state index in [-0.39, 0.29) is 11.5 Å². The molecule has 0 saturated carbocycles. The van der Waals surface area contributed by atoms with Gasteiger partial charge in [-0.3, -0.25) is 0 Å². The van der Waals surface area contributed by atoms with Crippen molar-refractivity contribution in [3.63, 3.8) is 0 Å². The molecule has 0 N–H and O–H groups in total. The topological polar surface area (TPSA) is 86.7 Å². The third kappa shape index (κ3) is 6.25. The molecule has 0 aliphatic rings. The minimum atomic E-state index is -5.03. The number of benzene rings is 2. The monoisotopic (exact) mass is 360 g/mol. The first-order valence-electron chi connectivity index (χ1n) is 6.32. The fraction of sp³-hybridized carbons (Fsp3) is 0.143. The van der Waals surface area contributed by atoms with E-state index in [0.29, 0.717) is 6.42 Å². The first-order chi connectivity index (χ1) is 10.6. The second kappa shape index (κ2) is 6.55. The number of hydrogen-bond acceptors (Lipinski definition) is 6. The molecule has 0 radical (unpaired) electrons. The van der Waals surface area contributed by atoms with Crippen LogP contribution >= 0.6 is 0 Å². The molecule has 2 rings (SSSR count). The van der Waals surface area contributed by atoms with Gasteiger partial charge in [0.15, 0.2) is 0 Å². The third-order valence-corrected chi connectivity index (χ3v) is 3.59. The normalized spacial score (nSPS) is 11.9. The lowest BCUT2D eigenvalue weighted by molar-refractivity contribution is 0.440. The Kier molecular flexibility index (Phi) is 4.90. The SMILES string of the molecule is CS(=O)(=O)Oc1ccc(Cc2ccc(OS(=O)(=O)F)cc2)cc1. The molecule has 6 nitrogen and oxygen atoms in total. The van der Waals surface area contributed by atoms with Crippen LogP contribution in [0, 0.1) is 0 Å². The Bertz CT molecular complexity index is 796. The number of rotatable bonds is 6. The van der Waals surface area contributed by atoms with Gasteiger partial charge in [-0.15, -0.1) is 0 Å². The molecule has 23 heavy (non-hydrogen) atoms. The molecule has 0 heterocycles. The average Bonchev–Trinajstić information content (AvgIpc) is 2.40. The van der Waals surface area contributed by atoms with Gasteiger partial charge >= 0.3 is 20.6 Å². The van der Waals surface area contributed by atoms with Gasteiger partial charge in [0, 0.05) is 0 Å². The number of hydrogen-bond donors (Lipinski definition) is 0. The fourth-order valence-corrected chi connectivity index (χ4v) is 2.65. The van der Waals surface area contributed by atoms with E-state index in [9.17, 15) is 20.7 Å². The smallest absolute Gasteiger partial charge is 0.383 e. The largest absolute Gasteiger partial charge is 0.488 e. The lowest BCUT2D eigenvalue weighted by atomic mass is 10.1. The lowest BCUT2D eigenvalue weighted by Gasteiger charge is -2.06. The maximum absolute atomic E-state index is 12.4. The van der Waals surface area contributed by atoms with Crippen molar-refractivity contribution < 1.29 is 29.1 Å². The molecule has 0 unspecified atom stereocenters. The van der Waals surface area contributed by atoms with E-state index in [0.717, 1.165) is 17.4 Å². The van der Waals surface area contributed by atoms with E-state index in [1.54, 1.807) is 24.3 Å². The molecule has 0 saturated heterocycles. The molecule has 2 aromatic rings. The van der Waals surface area contributed by atoms with Crippen LogP contribution in [-0.2, 0) is 27.0 Å². The highest BCUT2D eigenvalue weighted by Crippen LogP contribution is 2.19. The van der Waals surface area contributed by atoms with Gasteiger partial charge in [0.25, 0.3) is 0 Å². The summed E-state index contributed by atoms with van der Waals surface area (Å²) in [7, 11) is -8.59. The van der Waals surface area contributed by atoms with Crippen molar-refractivity contribution in [2.45, 2.75) is 6.42 Å². The third-order valence-electron chi connectivity index (χ3n) is 2.70. The van der Waals surface area contributed by atoms with Crippen molar-refractivity contribution in [1.29, 1.82) is 0 Å². The van der Waals surface area contributed by atoms with Gasteiger partial charge in [-0.05, 0) is 41.8 Å². The first kappa shape index (κ1) is 17.2. The van der Waals surface area contributed by atoms with Crippen LogP contribution in [0.5, 0.6) is 11.5 Å². The zero-order chi connectivity index (χ0) is 17.1. The van der Waals surface area contributed by atoms with Crippen LogP contribution in [0.1, 0.15) is 11.1 Å². The van der Waals surface area contributed by atoms with Crippen molar-refractivity contribution in [2.75, 3.05) is 6.26 Å². The molecule has 9 heteroatoms. The Morgan fingerprint density at radius 2 is 1.17 bits per heavy atom. The summed E-state index contributed by atoms with van der Waals surface area (Å²) in [5.74, 6) is 0.0984. The van der Waals surface area contributed by atoms with Crippen molar-refractivity contribution in [2.24, 2.45) is 0 Å².